The molecule has 0 radical (unpaired) electrons. The number of hydrogen-bond acceptors (Lipinski definition) is 6. The second kappa shape index (κ2) is 7.16. The summed E-state index contributed by atoms with van der Waals surface area (Å²) in [5.41, 5.74) is -0.159. The van der Waals surface area contributed by atoms with Gasteiger partial charge >= 0.3 is 12.6 Å². The minimum atomic E-state index is -2.99. The predicted molar refractivity (Wildman–Crippen MR) is 75.6 cm³/mol. The normalized spacial score (nSPS) is 11.1. The molecule has 0 unspecified atom stereocenters. The van der Waals surface area contributed by atoms with Crippen LogP contribution in [0, 0.1) is 0 Å². The topological polar surface area (TPSA) is 70.3 Å². The molecule has 0 aliphatic rings. The lowest BCUT2D eigenvalue weighted by molar-refractivity contribution is -0.0503. The first-order valence-electron chi connectivity index (χ1n) is 6.82. The molecular weight excluding hydrogens is 346 g/mol. The number of nitrogens with zero attached hydrogens (tertiary/aromatic N) is 3. The summed E-state index contributed by atoms with van der Waals surface area (Å²) in [6.45, 7) is -2.99. The maximum absolute atomic E-state index is 12.6. The number of alkyl halides is 4. The van der Waals surface area contributed by atoms with Crippen LogP contribution in [0.2, 0.25) is 0 Å². The van der Waals surface area contributed by atoms with Crippen molar-refractivity contribution in [1.29, 1.82) is 0 Å². The molecule has 2 aromatic heterocycles. The van der Waals surface area contributed by atoms with Crippen LogP contribution in [0.3, 0.4) is 0 Å². The Morgan fingerprint density at radius 1 is 1.00 bits per heavy atom. The molecule has 25 heavy (non-hydrogen) atoms. The Morgan fingerprint density at radius 3 is 2.36 bits per heavy atom. The zero-order valence-corrected chi connectivity index (χ0v) is 12.3. The van der Waals surface area contributed by atoms with E-state index < -0.39 is 18.7 Å². The van der Waals surface area contributed by atoms with Crippen LogP contribution in [0.25, 0.3) is 11.3 Å². The molecule has 0 bridgehead atoms. The van der Waals surface area contributed by atoms with Crippen LogP contribution >= 0.6 is 0 Å². The van der Waals surface area contributed by atoms with Crippen LogP contribution in [0.15, 0.2) is 47.2 Å². The summed E-state index contributed by atoms with van der Waals surface area (Å²) in [5.74, 6) is 0.0537. The van der Waals surface area contributed by atoms with Gasteiger partial charge in [-0.1, -0.05) is 17.3 Å². The Labute approximate surface area is 138 Å². The summed E-state index contributed by atoms with van der Waals surface area (Å²) in [6, 6.07) is 7.33. The Balaban J connectivity index is 1.83. The molecule has 0 N–H and O–H groups in total. The van der Waals surface area contributed by atoms with Gasteiger partial charge in [0.1, 0.15) is 11.4 Å². The Kier molecular flexibility index (Phi) is 4.78. The lowest BCUT2D eigenvalue weighted by Gasteiger charge is -2.08. The highest BCUT2D eigenvalue weighted by atomic mass is 19.3. The highest BCUT2D eigenvalue weighted by Crippen LogP contribution is 2.34. The lowest BCUT2D eigenvalue weighted by atomic mass is 10.1. The van der Waals surface area contributed by atoms with Gasteiger partial charge in [-0.25, -0.2) is 8.78 Å². The van der Waals surface area contributed by atoms with Crippen molar-refractivity contribution >= 4 is 0 Å². The summed E-state index contributed by atoms with van der Waals surface area (Å²) in [7, 11) is 0. The molecule has 0 saturated carbocycles. The van der Waals surface area contributed by atoms with E-state index in [1.807, 2.05) is 0 Å². The Hall–Kier alpha value is -3.17. The van der Waals surface area contributed by atoms with Gasteiger partial charge in [-0.3, -0.25) is 0 Å². The third kappa shape index (κ3) is 4.03. The number of halogens is 4. The van der Waals surface area contributed by atoms with Crippen LogP contribution in [0.1, 0.15) is 12.1 Å². The molecule has 0 atom stereocenters. The Bertz CT molecular complexity index is 840. The minimum Gasteiger partial charge on any atom is -0.432 e. The molecule has 130 valence electrons. The van der Waals surface area contributed by atoms with Gasteiger partial charge in [-0.15, -0.1) is 0 Å². The van der Waals surface area contributed by atoms with Gasteiger partial charge in [0.15, 0.2) is 11.5 Å². The summed E-state index contributed by atoms with van der Waals surface area (Å²) in [5, 5.41) is 3.28. The number of para-hydroxylation sites is 1. The first kappa shape index (κ1) is 16.7. The van der Waals surface area contributed by atoms with E-state index in [4.69, 9.17) is 9.26 Å². The maximum Gasteiger partial charge on any atom is 0.387 e. The smallest absolute Gasteiger partial charge is 0.387 e. The first-order valence-corrected chi connectivity index (χ1v) is 6.82. The van der Waals surface area contributed by atoms with E-state index in [0.29, 0.717) is 5.56 Å². The van der Waals surface area contributed by atoms with Gasteiger partial charge in [0.25, 0.3) is 6.43 Å². The van der Waals surface area contributed by atoms with Gasteiger partial charge in [0.2, 0.25) is 0 Å². The van der Waals surface area contributed by atoms with E-state index in [1.54, 1.807) is 18.2 Å². The van der Waals surface area contributed by atoms with Crippen molar-refractivity contribution in [2.75, 3.05) is 0 Å². The number of hydrogen-bond donors (Lipinski definition) is 0. The maximum atomic E-state index is 12.6. The molecule has 1 aromatic carbocycles. The summed E-state index contributed by atoms with van der Waals surface area (Å²) in [6.07, 6.45) is -0.739. The van der Waals surface area contributed by atoms with Crippen molar-refractivity contribution in [3.05, 3.63) is 48.4 Å². The highest BCUT2D eigenvalue weighted by molar-refractivity contribution is 5.66. The van der Waals surface area contributed by atoms with Gasteiger partial charge in [0, 0.05) is 6.07 Å². The standard InChI is InChI=1S/C15H9F4N3O3/c16-13(17)10-5-12(25-22-10)9-3-1-2-4-11(9)24-15-20-6-8(7-21-15)23-14(18)19/h1-7,13-14H. The fourth-order valence-corrected chi connectivity index (χ4v) is 1.90. The van der Waals surface area contributed by atoms with Crippen LogP contribution in [0.5, 0.6) is 17.5 Å². The molecule has 3 aromatic rings. The molecule has 0 fully saturated rings. The van der Waals surface area contributed by atoms with E-state index in [9.17, 15) is 17.6 Å². The molecule has 6 nitrogen and oxygen atoms in total. The average molecular weight is 355 g/mol. The second-order valence-corrected chi connectivity index (χ2v) is 4.59. The van der Waals surface area contributed by atoms with E-state index in [0.717, 1.165) is 18.5 Å². The van der Waals surface area contributed by atoms with Gasteiger partial charge < -0.3 is 14.0 Å². The van der Waals surface area contributed by atoms with Gasteiger partial charge in [-0.05, 0) is 12.1 Å². The van der Waals surface area contributed by atoms with Crippen molar-refractivity contribution in [3.63, 3.8) is 0 Å². The lowest BCUT2D eigenvalue weighted by Crippen LogP contribution is -2.03. The largest absolute Gasteiger partial charge is 0.432 e. The number of rotatable bonds is 6. The monoisotopic (exact) mass is 355 g/mol. The molecule has 0 spiro atoms. The van der Waals surface area contributed by atoms with E-state index >= 15 is 0 Å². The number of aromatic nitrogens is 3. The zero-order valence-electron chi connectivity index (χ0n) is 12.3. The molecule has 0 aliphatic carbocycles. The van der Waals surface area contributed by atoms with Crippen LogP contribution in [0.4, 0.5) is 17.6 Å². The first-order chi connectivity index (χ1) is 12.0. The third-order valence-corrected chi connectivity index (χ3v) is 2.94. The molecule has 10 heteroatoms. The van der Waals surface area contributed by atoms with E-state index in [2.05, 4.69) is 19.9 Å². The second-order valence-electron chi connectivity index (χ2n) is 4.59. The average Bonchev–Trinajstić information content (AvgIpc) is 3.07. The molecule has 0 aliphatic heterocycles. The SMILES string of the molecule is FC(F)Oc1cnc(Oc2ccccc2-c2cc(C(F)F)no2)nc1. The minimum absolute atomic E-state index is 0.0727. The summed E-state index contributed by atoms with van der Waals surface area (Å²) >= 11 is 0. The molecule has 0 amide bonds. The number of benzene rings is 1. The van der Waals surface area contributed by atoms with Gasteiger partial charge in [-0.2, -0.15) is 18.7 Å². The third-order valence-electron chi connectivity index (χ3n) is 2.94. The van der Waals surface area contributed by atoms with Crippen LogP contribution in [-0.2, 0) is 0 Å². The van der Waals surface area contributed by atoms with E-state index in [1.165, 1.54) is 6.07 Å². The molecular formula is C15H9F4N3O3. The fraction of sp³-hybridized carbons (Fsp3) is 0.133. The predicted octanol–water partition coefficient (Wildman–Crippen LogP) is 4.46. The number of ether oxygens (including phenoxy) is 2. The van der Waals surface area contributed by atoms with Crippen molar-refractivity contribution < 1.29 is 31.6 Å². The van der Waals surface area contributed by atoms with Crippen molar-refractivity contribution in [3.8, 4) is 28.8 Å². The van der Waals surface area contributed by atoms with Gasteiger partial charge in [0.05, 0.1) is 18.0 Å². The van der Waals surface area contributed by atoms with Crippen molar-refractivity contribution in [1.82, 2.24) is 15.1 Å². The van der Waals surface area contributed by atoms with Crippen LogP contribution in [-0.4, -0.2) is 21.7 Å². The zero-order chi connectivity index (χ0) is 17.8. The summed E-state index contributed by atoms with van der Waals surface area (Å²) in [4.78, 5) is 7.47. The Morgan fingerprint density at radius 2 is 1.72 bits per heavy atom. The van der Waals surface area contributed by atoms with Crippen molar-refractivity contribution in [2.45, 2.75) is 13.0 Å². The van der Waals surface area contributed by atoms with Crippen molar-refractivity contribution in [2.24, 2.45) is 0 Å². The molecule has 2 heterocycles. The molecule has 3 rings (SSSR count). The van der Waals surface area contributed by atoms with Crippen LogP contribution < -0.4 is 9.47 Å². The molecule has 0 saturated heterocycles. The summed E-state index contributed by atoms with van der Waals surface area (Å²) < 4.78 is 63.9. The highest BCUT2D eigenvalue weighted by Gasteiger charge is 2.18. The quantitative estimate of drug-likeness (QED) is 0.608. The fourth-order valence-electron chi connectivity index (χ4n) is 1.90. The van der Waals surface area contributed by atoms with E-state index in [-0.39, 0.29) is 23.3 Å².